The van der Waals surface area contributed by atoms with Crippen LogP contribution in [0.1, 0.15) is 69.9 Å². The highest BCUT2D eigenvalue weighted by Gasteiger charge is 2.23. The minimum atomic E-state index is 0.477. The predicted octanol–water partition coefficient (Wildman–Crippen LogP) is 4.09. The van der Waals surface area contributed by atoms with Crippen molar-refractivity contribution >= 4 is 0 Å². The zero-order valence-corrected chi connectivity index (χ0v) is 9.99. The molecule has 0 spiro atoms. The van der Waals surface area contributed by atoms with Gasteiger partial charge in [0, 0.05) is 5.92 Å². The van der Waals surface area contributed by atoms with Gasteiger partial charge in [0.15, 0.2) is 5.89 Å². The number of aromatic nitrogens is 1. The van der Waals surface area contributed by atoms with Crippen LogP contribution in [0.5, 0.6) is 0 Å². The standard InChI is InChI=1S/C13H21NO/c1-9(2)12-8-15-13(14-12)11-6-4-10(3)5-7-11/h8-11H,4-7H2,1-3H3. The van der Waals surface area contributed by atoms with Gasteiger partial charge in [0.05, 0.1) is 5.69 Å². The molecule has 0 saturated heterocycles. The predicted molar refractivity (Wildman–Crippen MR) is 61.0 cm³/mol. The smallest absolute Gasteiger partial charge is 0.197 e. The fourth-order valence-electron chi connectivity index (χ4n) is 2.26. The van der Waals surface area contributed by atoms with Gasteiger partial charge in [-0.15, -0.1) is 0 Å². The first-order chi connectivity index (χ1) is 7.16. The molecule has 1 aliphatic rings. The molecule has 0 radical (unpaired) electrons. The van der Waals surface area contributed by atoms with Crippen molar-refractivity contribution in [2.24, 2.45) is 5.92 Å². The summed E-state index contributed by atoms with van der Waals surface area (Å²) in [4.78, 5) is 4.59. The lowest BCUT2D eigenvalue weighted by Gasteiger charge is -2.23. The molecule has 0 aliphatic heterocycles. The average Bonchev–Trinajstić information content (AvgIpc) is 2.68. The second-order valence-electron chi connectivity index (χ2n) is 5.22. The summed E-state index contributed by atoms with van der Waals surface area (Å²) < 4.78 is 5.59. The van der Waals surface area contributed by atoms with Crippen LogP contribution in [0.25, 0.3) is 0 Å². The van der Waals surface area contributed by atoms with Crippen molar-refractivity contribution in [3.05, 3.63) is 17.8 Å². The van der Waals surface area contributed by atoms with Crippen molar-refractivity contribution in [1.29, 1.82) is 0 Å². The van der Waals surface area contributed by atoms with Crippen LogP contribution >= 0.6 is 0 Å². The Morgan fingerprint density at radius 3 is 2.47 bits per heavy atom. The monoisotopic (exact) mass is 207 g/mol. The first-order valence-corrected chi connectivity index (χ1v) is 6.12. The van der Waals surface area contributed by atoms with Crippen molar-refractivity contribution in [3.63, 3.8) is 0 Å². The zero-order valence-electron chi connectivity index (χ0n) is 9.99. The second-order valence-corrected chi connectivity index (χ2v) is 5.22. The topological polar surface area (TPSA) is 26.0 Å². The lowest BCUT2D eigenvalue weighted by molar-refractivity contribution is 0.307. The molecule has 2 rings (SSSR count). The Morgan fingerprint density at radius 2 is 1.93 bits per heavy atom. The molecule has 0 aromatic carbocycles. The summed E-state index contributed by atoms with van der Waals surface area (Å²) in [5.74, 6) is 2.92. The van der Waals surface area contributed by atoms with Crippen molar-refractivity contribution < 1.29 is 4.42 Å². The molecule has 2 heteroatoms. The zero-order chi connectivity index (χ0) is 10.8. The van der Waals surface area contributed by atoms with Crippen LogP contribution in [0.2, 0.25) is 0 Å². The molecule has 1 heterocycles. The summed E-state index contributed by atoms with van der Waals surface area (Å²) >= 11 is 0. The molecule has 0 N–H and O–H groups in total. The van der Waals surface area contributed by atoms with Gasteiger partial charge in [-0.25, -0.2) is 4.98 Å². The second kappa shape index (κ2) is 4.38. The van der Waals surface area contributed by atoms with Gasteiger partial charge in [0.25, 0.3) is 0 Å². The van der Waals surface area contributed by atoms with E-state index in [9.17, 15) is 0 Å². The van der Waals surface area contributed by atoms with Crippen molar-refractivity contribution in [2.45, 2.75) is 58.3 Å². The summed E-state index contributed by atoms with van der Waals surface area (Å²) in [6, 6.07) is 0. The highest BCUT2D eigenvalue weighted by atomic mass is 16.3. The van der Waals surface area contributed by atoms with Gasteiger partial charge < -0.3 is 4.42 Å². The van der Waals surface area contributed by atoms with E-state index < -0.39 is 0 Å². The maximum Gasteiger partial charge on any atom is 0.197 e. The summed E-state index contributed by atoms with van der Waals surface area (Å²) in [5.41, 5.74) is 1.10. The Hall–Kier alpha value is -0.790. The van der Waals surface area contributed by atoms with Gasteiger partial charge in [-0.3, -0.25) is 0 Å². The van der Waals surface area contributed by atoms with E-state index in [0.29, 0.717) is 11.8 Å². The highest BCUT2D eigenvalue weighted by molar-refractivity contribution is 5.05. The van der Waals surface area contributed by atoms with Crippen LogP contribution in [0, 0.1) is 5.92 Å². The van der Waals surface area contributed by atoms with Gasteiger partial charge in [-0.2, -0.15) is 0 Å². The Morgan fingerprint density at radius 1 is 1.27 bits per heavy atom. The molecule has 0 atom stereocenters. The van der Waals surface area contributed by atoms with E-state index in [1.165, 1.54) is 25.7 Å². The van der Waals surface area contributed by atoms with Crippen molar-refractivity contribution in [1.82, 2.24) is 4.98 Å². The molecule has 1 saturated carbocycles. The van der Waals surface area contributed by atoms with E-state index in [1.54, 1.807) is 0 Å². The highest BCUT2D eigenvalue weighted by Crippen LogP contribution is 2.35. The maximum atomic E-state index is 5.59. The van der Waals surface area contributed by atoms with Gasteiger partial charge >= 0.3 is 0 Å². The fourth-order valence-corrected chi connectivity index (χ4v) is 2.26. The van der Waals surface area contributed by atoms with Gasteiger partial charge in [-0.1, -0.05) is 20.8 Å². The molecular weight excluding hydrogens is 186 g/mol. The normalized spacial score (nSPS) is 27.2. The van der Waals surface area contributed by atoms with E-state index in [2.05, 4.69) is 25.8 Å². The summed E-state index contributed by atoms with van der Waals surface area (Å²) in [7, 11) is 0. The van der Waals surface area contributed by atoms with Crippen LogP contribution < -0.4 is 0 Å². The molecule has 0 amide bonds. The number of hydrogen-bond acceptors (Lipinski definition) is 2. The SMILES string of the molecule is CC1CCC(c2nc(C(C)C)co2)CC1. The Balaban J connectivity index is 2.03. The third-order valence-electron chi connectivity index (χ3n) is 3.50. The third kappa shape index (κ3) is 2.42. The molecule has 84 valence electrons. The number of hydrogen-bond donors (Lipinski definition) is 0. The van der Waals surface area contributed by atoms with Crippen LogP contribution in [0.3, 0.4) is 0 Å². The molecule has 2 nitrogen and oxygen atoms in total. The first kappa shape index (κ1) is 10.7. The van der Waals surface area contributed by atoms with Gasteiger partial charge in [-0.05, 0) is 37.5 Å². The lowest BCUT2D eigenvalue weighted by atomic mass is 9.83. The van der Waals surface area contributed by atoms with Crippen LogP contribution in [-0.4, -0.2) is 4.98 Å². The van der Waals surface area contributed by atoms with E-state index in [4.69, 9.17) is 4.42 Å². The van der Waals surface area contributed by atoms with E-state index in [0.717, 1.165) is 17.5 Å². The van der Waals surface area contributed by atoms with E-state index in [1.807, 2.05) is 6.26 Å². The fraction of sp³-hybridized carbons (Fsp3) is 0.769. The molecule has 0 bridgehead atoms. The molecule has 15 heavy (non-hydrogen) atoms. The summed E-state index contributed by atoms with van der Waals surface area (Å²) in [6.45, 7) is 6.65. The molecule has 0 unspecified atom stereocenters. The summed E-state index contributed by atoms with van der Waals surface area (Å²) in [6.07, 6.45) is 6.98. The summed E-state index contributed by atoms with van der Waals surface area (Å²) in [5, 5.41) is 0. The van der Waals surface area contributed by atoms with E-state index in [-0.39, 0.29) is 0 Å². The quantitative estimate of drug-likeness (QED) is 0.730. The van der Waals surface area contributed by atoms with Crippen LogP contribution in [-0.2, 0) is 0 Å². The number of nitrogens with zero attached hydrogens (tertiary/aromatic N) is 1. The molecule has 1 aromatic rings. The van der Waals surface area contributed by atoms with Gasteiger partial charge in [0.2, 0.25) is 0 Å². The van der Waals surface area contributed by atoms with E-state index >= 15 is 0 Å². The maximum absolute atomic E-state index is 5.59. The molecule has 1 fully saturated rings. The minimum absolute atomic E-state index is 0.477. The van der Waals surface area contributed by atoms with Crippen LogP contribution in [0.4, 0.5) is 0 Å². The third-order valence-corrected chi connectivity index (χ3v) is 3.50. The minimum Gasteiger partial charge on any atom is -0.448 e. The largest absolute Gasteiger partial charge is 0.448 e. The molecular formula is C13H21NO. The number of oxazole rings is 1. The van der Waals surface area contributed by atoms with Crippen molar-refractivity contribution in [3.8, 4) is 0 Å². The Bertz CT molecular complexity index is 308. The first-order valence-electron chi connectivity index (χ1n) is 6.12. The molecule has 1 aliphatic carbocycles. The van der Waals surface area contributed by atoms with Gasteiger partial charge in [0.1, 0.15) is 6.26 Å². The molecule has 1 aromatic heterocycles. The Kier molecular flexibility index (Phi) is 3.13. The number of rotatable bonds is 2. The van der Waals surface area contributed by atoms with Crippen LogP contribution in [0.15, 0.2) is 10.7 Å². The Labute approximate surface area is 92.1 Å². The average molecular weight is 207 g/mol. The lowest BCUT2D eigenvalue weighted by Crippen LogP contribution is -2.11. The van der Waals surface area contributed by atoms with Crippen molar-refractivity contribution in [2.75, 3.05) is 0 Å².